The van der Waals surface area contributed by atoms with Crippen LogP contribution in [0.2, 0.25) is 0 Å². The number of hydrogen-bond acceptors (Lipinski definition) is 1. The van der Waals surface area contributed by atoms with E-state index in [-0.39, 0.29) is 11.1 Å². The highest BCUT2D eigenvalue weighted by atomic mass is 19.4. The molecule has 2 N–H and O–H groups in total. The molecule has 1 aromatic carbocycles. The van der Waals surface area contributed by atoms with Crippen LogP contribution in [-0.4, -0.2) is 6.18 Å². The second-order valence-electron chi connectivity index (χ2n) is 3.49. The lowest BCUT2D eigenvalue weighted by atomic mass is 10.0. The first-order chi connectivity index (χ1) is 7.63. The Hall–Kier alpha value is -1.24. The van der Waals surface area contributed by atoms with E-state index in [1.165, 1.54) is 0 Å². The SMILES string of the molecule is NCc1cc(CC(F)(F)F)ccc1C(F)(F)F. The van der Waals surface area contributed by atoms with Crippen LogP contribution < -0.4 is 5.73 Å². The molecule has 0 bridgehead atoms. The molecule has 1 aromatic rings. The molecule has 0 amide bonds. The zero-order chi connectivity index (χ0) is 13.3. The average Bonchev–Trinajstić information content (AvgIpc) is 2.13. The quantitative estimate of drug-likeness (QED) is 0.808. The van der Waals surface area contributed by atoms with Crippen molar-refractivity contribution in [1.29, 1.82) is 0 Å². The topological polar surface area (TPSA) is 26.0 Å². The number of benzene rings is 1. The summed E-state index contributed by atoms with van der Waals surface area (Å²) in [6, 6.07) is 2.29. The van der Waals surface area contributed by atoms with E-state index in [9.17, 15) is 26.3 Å². The van der Waals surface area contributed by atoms with Gasteiger partial charge in [0.05, 0.1) is 12.0 Å². The summed E-state index contributed by atoms with van der Waals surface area (Å²) in [4.78, 5) is 0. The summed E-state index contributed by atoms with van der Waals surface area (Å²) in [6.07, 6.45) is -10.3. The molecule has 7 heteroatoms. The van der Waals surface area contributed by atoms with E-state index in [0.29, 0.717) is 6.07 Å². The predicted octanol–water partition coefficient (Wildman–Crippen LogP) is 3.27. The van der Waals surface area contributed by atoms with E-state index in [1.54, 1.807) is 0 Å². The van der Waals surface area contributed by atoms with Gasteiger partial charge in [0.25, 0.3) is 0 Å². The molecular formula is C10H9F6N. The van der Waals surface area contributed by atoms with Gasteiger partial charge in [0.1, 0.15) is 0 Å². The van der Waals surface area contributed by atoms with Crippen molar-refractivity contribution >= 4 is 0 Å². The van der Waals surface area contributed by atoms with Crippen molar-refractivity contribution in [3.63, 3.8) is 0 Å². The zero-order valence-corrected chi connectivity index (χ0v) is 8.49. The summed E-state index contributed by atoms with van der Waals surface area (Å²) >= 11 is 0. The summed E-state index contributed by atoms with van der Waals surface area (Å²) in [7, 11) is 0. The van der Waals surface area contributed by atoms with Crippen LogP contribution in [0.3, 0.4) is 0 Å². The van der Waals surface area contributed by atoms with E-state index in [4.69, 9.17) is 5.73 Å². The first-order valence-electron chi connectivity index (χ1n) is 4.59. The van der Waals surface area contributed by atoms with Crippen molar-refractivity contribution in [2.24, 2.45) is 5.73 Å². The molecule has 0 fully saturated rings. The molecule has 0 aliphatic carbocycles. The van der Waals surface area contributed by atoms with Crippen molar-refractivity contribution in [3.8, 4) is 0 Å². The van der Waals surface area contributed by atoms with Gasteiger partial charge < -0.3 is 5.73 Å². The van der Waals surface area contributed by atoms with Crippen LogP contribution in [0.4, 0.5) is 26.3 Å². The molecule has 96 valence electrons. The van der Waals surface area contributed by atoms with Gasteiger partial charge in [0.2, 0.25) is 0 Å². The fraction of sp³-hybridized carbons (Fsp3) is 0.400. The lowest BCUT2D eigenvalue weighted by molar-refractivity contribution is -0.138. The van der Waals surface area contributed by atoms with Crippen molar-refractivity contribution in [2.75, 3.05) is 0 Å². The maximum atomic E-state index is 12.4. The van der Waals surface area contributed by atoms with Crippen molar-refractivity contribution < 1.29 is 26.3 Å². The molecule has 0 heterocycles. The van der Waals surface area contributed by atoms with Gasteiger partial charge in [-0.25, -0.2) is 0 Å². The molecule has 0 spiro atoms. The Morgan fingerprint density at radius 1 is 1.00 bits per heavy atom. The molecule has 0 unspecified atom stereocenters. The summed E-state index contributed by atoms with van der Waals surface area (Å²) < 4.78 is 73.5. The number of rotatable bonds is 2. The molecular weight excluding hydrogens is 248 g/mol. The third-order valence-electron chi connectivity index (χ3n) is 2.10. The second-order valence-corrected chi connectivity index (χ2v) is 3.49. The Labute approximate surface area is 93.2 Å². The average molecular weight is 257 g/mol. The number of nitrogens with two attached hydrogens (primary N) is 1. The largest absolute Gasteiger partial charge is 0.416 e. The molecule has 0 saturated heterocycles. The fourth-order valence-corrected chi connectivity index (χ4v) is 1.43. The van der Waals surface area contributed by atoms with Gasteiger partial charge in [-0.15, -0.1) is 0 Å². The molecule has 0 atom stereocenters. The normalized spacial score (nSPS) is 12.9. The van der Waals surface area contributed by atoms with Crippen LogP contribution in [-0.2, 0) is 19.1 Å². The van der Waals surface area contributed by atoms with Crippen LogP contribution >= 0.6 is 0 Å². The Balaban J connectivity index is 3.09. The highest BCUT2D eigenvalue weighted by Gasteiger charge is 2.34. The predicted molar refractivity (Wildman–Crippen MR) is 49.1 cm³/mol. The van der Waals surface area contributed by atoms with Gasteiger partial charge in [-0.3, -0.25) is 0 Å². The monoisotopic (exact) mass is 257 g/mol. The van der Waals surface area contributed by atoms with E-state index >= 15 is 0 Å². The van der Waals surface area contributed by atoms with E-state index in [1.807, 2.05) is 0 Å². The number of alkyl halides is 6. The van der Waals surface area contributed by atoms with Crippen LogP contribution in [0.5, 0.6) is 0 Å². The minimum Gasteiger partial charge on any atom is -0.326 e. The van der Waals surface area contributed by atoms with Crippen LogP contribution in [0.15, 0.2) is 18.2 Å². The lowest BCUT2D eigenvalue weighted by Crippen LogP contribution is -2.15. The minimum absolute atomic E-state index is 0.231. The highest BCUT2D eigenvalue weighted by Crippen LogP contribution is 2.33. The van der Waals surface area contributed by atoms with E-state index < -0.39 is 30.9 Å². The molecule has 0 saturated carbocycles. The van der Waals surface area contributed by atoms with E-state index in [0.717, 1.165) is 12.1 Å². The Morgan fingerprint density at radius 3 is 2.00 bits per heavy atom. The maximum Gasteiger partial charge on any atom is 0.416 e. The first-order valence-corrected chi connectivity index (χ1v) is 4.59. The molecule has 0 aromatic heterocycles. The van der Waals surface area contributed by atoms with Gasteiger partial charge in [-0.1, -0.05) is 12.1 Å². The van der Waals surface area contributed by atoms with E-state index in [2.05, 4.69) is 0 Å². The standard InChI is InChI=1S/C10H9F6N/c11-9(12,13)4-6-1-2-8(10(14,15)16)7(3-6)5-17/h1-3H,4-5,17H2. The summed E-state index contributed by atoms with van der Waals surface area (Å²) in [5, 5.41) is 0. The van der Waals surface area contributed by atoms with Gasteiger partial charge in [-0.2, -0.15) is 26.3 Å². The Morgan fingerprint density at radius 2 is 1.59 bits per heavy atom. The van der Waals surface area contributed by atoms with Gasteiger partial charge in [-0.05, 0) is 17.2 Å². The zero-order valence-electron chi connectivity index (χ0n) is 8.49. The van der Waals surface area contributed by atoms with Crippen molar-refractivity contribution in [2.45, 2.75) is 25.3 Å². The van der Waals surface area contributed by atoms with Gasteiger partial charge in [0.15, 0.2) is 0 Å². The van der Waals surface area contributed by atoms with Gasteiger partial charge in [0, 0.05) is 6.54 Å². The van der Waals surface area contributed by atoms with Crippen molar-refractivity contribution in [3.05, 3.63) is 34.9 Å². The highest BCUT2D eigenvalue weighted by molar-refractivity contribution is 5.34. The van der Waals surface area contributed by atoms with Crippen LogP contribution in [0.1, 0.15) is 16.7 Å². The molecule has 0 aliphatic rings. The minimum atomic E-state index is -4.61. The Bertz CT molecular complexity index is 393. The maximum absolute atomic E-state index is 12.4. The van der Waals surface area contributed by atoms with Gasteiger partial charge >= 0.3 is 12.4 Å². The Kier molecular flexibility index (Phi) is 3.71. The summed E-state index contributed by atoms with van der Waals surface area (Å²) in [5.41, 5.74) is 3.54. The van der Waals surface area contributed by atoms with Crippen molar-refractivity contribution in [1.82, 2.24) is 0 Å². The summed E-state index contributed by atoms with van der Waals surface area (Å²) in [6.45, 7) is -0.458. The number of halogens is 6. The third-order valence-corrected chi connectivity index (χ3v) is 2.10. The molecule has 0 radical (unpaired) electrons. The molecule has 17 heavy (non-hydrogen) atoms. The first kappa shape index (κ1) is 13.8. The molecule has 1 nitrogen and oxygen atoms in total. The summed E-state index contributed by atoms with van der Waals surface area (Å²) in [5.74, 6) is 0. The smallest absolute Gasteiger partial charge is 0.326 e. The van der Waals surface area contributed by atoms with Crippen LogP contribution in [0, 0.1) is 0 Å². The number of hydrogen-bond donors (Lipinski definition) is 1. The second kappa shape index (κ2) is 4.56. The van der Waals surface area contributed by atoms with Crippen LogP contribution in [0.25, 0.3) is 0 Å². The lowest BCUT2D eigenvalue weighted by Gasteiger charge is -2.14. The fourth-order valence-electron chi connectivity index (χ4n) is 1.43. The third kappa shape index (κ3) is 3.92. The molecule has 1 rings (SSSR count). The molecule has 0 aliphatic heterocycles.